The molecule has 3 N–H and O–H groups in total. The lowest BCUT2D eigenvalue weighted by molar-refractivity contribution is -0.384. The van der Waals surface area contributed by atoms with Gasteiger partial charge in [-0.05, 0) is 35.8 Å². The fourth-order valence-corrected chi connectivity index (χ4v) is 1.47. The lowest BCUT2D eigenvalue weighted by Crippen LogP contribution is -2.45. The normalized spacial score (nSPS) is 11.1. The summed E-state index contributed by atoms with van der Waals surface area (Å²) in [6.45, 7) is 3.14. The van der Waals surface area contributed by atoms with Gasteiger partial charge in [0.1, 0.15) is 0 Å². The first-order chi connectivity index (χ1) is 7.71. The number of hydrogen-bond acceptors (Lipinski definition) is 4. The molecule has 0 radical (unpaired) electrons. The van der Waals surface area contributed by atoms with Crippen LogP contribution in [0, 0.1) is 10.1 Å². The minimum atomic E-state index is -1.01. The molecule has 92 valence electrons. The second-order valence-electron chi connectivity index (χ2n) is 4.10. The van der Waals surface area contributed by atoms with Crippen molar-refractivity contribution in [2.24, 2.45) is 5.73 Å². The van der Waals surface area contributed by atoms with Crippen LogP contribution in [-0.2, 0) is 4.79 Å². The van der Waals surface area contributed by atoms with Crippen molar-refractivity contribution in [1.82, 2.24) is 0 Å². The lowest BCUT2D eigenvalue weighted by atomic mass is 10.1. The zero-order valence-corrected chi connectivity index (χ0v) is 10.9. The topological polar surface area (TPSA) is 98.3 Å². The number of nitro groups is 1. The largest absolute Gasteiger partial charge is 0.323 e. The van der Waals surface area contributed by atoms with Gasteiger partial charge in [0, 0.05) is 16.6 Å². The predicted molar refractivity (Wildman–Crippen MR) is 67.7 cm³/mol. The fraction of sp³-hybridized carbons (Fsp3) is 0.300. The number of nitro benzene ring substituents is 1. The Morgan fingerprint density at radius 3 is 2.53 bits per heavy atom. The number of nitrogens with zero attached hydrogens (tertiary/aromatic N) is 1. The van der Waals surface area contributed by atoms with Gasteiger partial charge in [-0.25, -0.2) is 0 Å². The van der Waals surface area contributed by atoms with Crippen molar-refractivity contribution in [3.8, 4) is 0 Å². The van der Waals surface area contributed by atoms with Crippen LogP contribution in [-0.4, -0.2) is 16.4 Å². The Labute approximate surface area is 106 Å². The average molecular weight is 302 g/mol. The maximum Gasteiger partial charge on any atom is 0.270 e. The first kappa shape index (κ1) is 13.6. The van der Waals surface area contributed by atoms with Crippen LogP contribution in [0.25, 0.3) is 0 Å². The first-order valence-corrected chi connectivity index (χ1v) is 5.55. The van der Waals surface area contributed by atoms with E-state index in [9.17, 15) is 14.9 Å². The Bertz CT molecular complexity index is 468. The summed E-state index contributed by atoms with van der Waals surface area (Å²) in [6, 6.07) is 4.08. The summed E-state index contributed by atoms with van der Waals surface area (Å²) in [5, 5.41) is 13.1. The maximum atomic E-state index is 11.6. The van der Waals surface area contributed by atoms with Crippen LogP contribution in [0.2, 0.25) is 0 Å². The molecule has 1 rings (SSSR count). The van der Waals surface area contributed by atoms with E-state index in [0.29, 0.717) is 10.2 Å². The molecule has 0 aromatic heterocycles. The predicted octanol–water partition coefficient (Wildman–Crippen LogP) is 2.03. The molecule has 0 unspecified atom stereocenters. The minimum absolute atomic E-state index is 0.0538. The van der Waals surface area contributed by atoms with E-state index in [-0.39, 0.29) is 11.6 Å². The van der Waals surface area contributed by atoms with Crippen molar-refractivity contribution >= 4 is 33.2 Å². The highest BCUT2D eigenvalue weighted by molar-refractivity contribution is 9.10. The van der Waals surface area contributed by atoms with Crippen molar-refractivity contribution in [2.45, 2.75) is 19.4 Å². The second kappa shape index (κ2) is 4.80. The summed E-state index contributed by atoms with van der Waals surface area (Å²) in [5.41, 5.74) is 5.00. The number of benzene rings is 1. The summed E-state index contributed by atoms with van der Waals surface area (Å²) < 4.78 is 0.435. The zero-order valence-electron chi connectivity index (χ0n) is 9.36. The summed E-state index contributed by atoms with van der Waals surface area (Å²) in [4.78, 5) is 21.6. The molecule has 6 nitrogen and oxygen atoms in total. The van der Waals surface area contributed by atoms with E-state index < -0.39 is 10.5 Å². The van der Waals surface area contributed by atoms with Crippen molar-refractivity contribution in [3.05, 3.63) is 32.8 Å². The van der Waals surface area contributed by atoms with Gasteiger partial charge in [0.15, 0.2) is 0 Å². The van der Waals surface area contributed by atoms with Crippen LogP contribution in [0.3, 0.4) is 0 Å². The number of rotatable bonds is 3. The Kier molecular flexibility index (Phi) is 3.84. The second-order valence-corrected chi connectivity index (χ2v) is 4.95. The molecule has 0 aliphatic heterocycles. The number of hydrogen-bond donors (Lipinski definition) is 2. The highest BCUT2D eigenvalue weighted by Gasteiger charge is 2.22. The van der Waals surface area contributed by atoms with Crippen LogP contribution < -0.4 is 11.1 Å². The van der Waals surface area contributed by atoms with Gasteiger partial charge in [0.25, 0.3) is 5.69 Å². The van der Waals surface area contributed by atoms with Gasteiger partial charge < -0.3 is 11.1 Å². The number of non-ortho nitro benzene ring substituents is 1. The molecule has 0 bridgehead atoms. The summed E-state index contributed by atoms with van der Waals surface area (Å²) in [5.74, 6) is -0.368. The molecule has 0 aliphatic rings. The van der Waals surface area contributed by atoms with Crippen LogP contribution in [0.1, 0.15) is 13.8 Å². The number of amides is 1. The van der Waals surface area contributed by atoms with Gasteiger partial charge in [-0.1, -0.05) is 0 Å². The summed E-state index contributed by atoms with van der Waals surface area (Å²) in [7, 11) is 0. The Balaban J connectivity index is 2.95. The molecule has 1 aromatic carbocycles. The zero-order chi connectivity index (χ0) is 13.2. The Hall–Kier alpha value is -1.47. The van der Waals surface area contributed by atoms with Crippen molar-refractivity contribution in [1.29, 1.82) is 0 Å². The van der Waals surface area contributed by atoms with E-state index in [4.69, 9.17) is 5.73 Å². The number of carbonyl (C=O) groups excluding carboxylic acids is 1. The molecule has 0 aliphatic carbocycles. The number of carbonyl (C=O) groups is 1. The number of nitrogens with two attached hydrogens (primary N) is 1. The fourth-order valence-electron chi connectivity index (χ4n) is 1.00. The van der Waals surface area contributed by atoms with Crippen LogP contribution in [0.15, 0.2) is 22.7 Å². The molecule has 0 heterocycles. The Morgan fingerprint density at radius 1 is 1.53 bits per heavy atom. The van der Waals surface area contributed by atoms with Gasteiger partial charge in [-0.3, -0.25) is 14.9 Å². The molecule has 0 spiro atoms. The summed E-state index contributed by atoms with van der Waals surface area (Å²) in [6.07, 6.45) is 0. The molecule has 0 atom stereocenters. The summed E-state index contributed by atoms with van der Waals surface area (Å²) >= 11 is 3.15. The van der Waals surface area contributed by atoms with Gasteiger partial charge in [-0.15, -0.1) is 0 Å². The van der Waals surface area contributed by atoms with E-state index >= 15 is 0 Å². The van der Waals surface area contributed by atoms with Gasteiger partial charge in [0.05, 0.1) is 16.1 Å². The SMILES string of the molecule is CC(C)(N)C(=O)Nc1ccc([N+](=O)[O-])cc1Br. The molecule has 0 fully saturated rings. The quantitative estimate of drug-likeness (QED) is 0.659. The first-order valence-electron chi connectivity index (χ1n) is 4.76. The van der Waals surface area contributed by atoms with Crippen LogP contribution in [0.5, 0.6) is 0 Å². The van der Waals surface area contributed by atoms with E-state index in [1.807, 2.05) is 0 Å². The van der Waals surface area contributed by atoms with Gasteiger partial charge >= 0.3 is 0 Å². The van der Waals surface area contributed by atoms with E-state index in [0.717, 1.165) is 0 Å². The smallest absolute Gasteiger partial charge is 0.270 e. The molecular weight excluding hydrogens is 290 g/mol. The third kappa shape index (κ3) is 3.50. The van der Waals surface area contributed by atoms with Gasteiger partial charge in [-0.2, -0.15) is 0 Å². The average Bonchev–Trinajstić information content (AvgIpc) is 2.19. The monoisotopic (exact) mass is 301 g/mol. The van der Waals surface area contributed by atoms with Crippen molar-refractivity contribution in [3.63, 3.8) is 0 Å². The standard InChI is InChI=1S/C10H12BrN3O3/c1-10(2,12)9(15)13-8-4-3-6(14(16)17)5-7(8)11/h3-5H,12H2,1-2H3,(H,13,15). The van der Waals surface area contributed by atoms with Gasteiger partial charge in [0.2, 0.25) is 5.91 Å². The number of nitrogens with one attached hydrogen (secondary N) is 1. The molecular formula is C10H12BrN3O3. The third-order valence-electron chi connectivity index (χ3n) is 2.00. The lowest BCUT2D eigenvalue weighted by Gasteiger charge is -2.18. The minimum Gasteiger partial charge on any atom is -0.323 e. The molecule has 0 saturated heterocycles. The molecule has 0 saturated carbocycles. The highest BCUT2D eigenvalue weighted by atomic mass is 79.9. The highest BCUT2D eigenvalue weighted by Crippen LogP contribution is 2.27. The van der Waals surface area contributed by atoms with Crippen molar-refractivity contribution < 1.29 is 9.72 Å². The Morgan fingerprint density at radius 2 is 2.12 bits per heavy atom. The van der Waals surface area contributed by atoms with E-state index in [1.54, 1.807) is 13.8 Å². The van der Waals surface area contributed by atoms with E-state index in [2.05, 4.69) is 21.2 Å². The molecule has 1 aromatic rings. The molecule has 1 amide bonds. The van der Waals surface area contributed by atoms with Crippen molar-refractivity contribution in [2.75, 3.05) is 5.32 Å². The molecule has 7 heteroatoms. The third-order valence-corrected chi connectivity index (χ3v) is 2.65. The molecule has 17 heavy (non-hydrogen) atoms. The maximum absolute atomic E-state index is 11.6. The van der Waals surface area contributed by atoms with Crippen LogP contribution in [0.4, 0.5) is 11.4 Å². The number of halogens is 1. The van der Waals surface area contributed by atoms with Crippen LogP contribution >= 0.6 is 15.9 Å². The number of anilines is 1. The van der Waals surface area contributed by atoms with E-state index in [1.165, 1.54) is 18.2 Å².